The topological polar surface area (TPSA) is 58.2 Å². The third kappa shape index (κ3) is 11.3. The van der Waals surface area contributed by atoms with Gasteiger partial charge >= 0.3 is 45.4 Å². The third-order valence-corrected chi connectivity index (χ3v) is 10.9. The minimum absolute atomic E-state index is 0.455. The van der Waals surface area contributed by atoms with Crippen LogP contribution in [0.15, 0.2) is 84.9 Å². The quantitative estimate of drug-likeness (QED) is 0.0625. The van der Waals surface area contributed by atoms with E-state index in [4.69, 9.17) is 17.0 Å². The summed E-state index contributed by atoms with van der Waals surface area (Å²) in [5, 5.41) is 9.72. The number of nitrogens with one attached hydrogen (secondary N) is 2. The van der Waals surface area contributed by atoms with Gasteiger partial charge in [0.25, 0.3) is 0 Å². The fourth-order valence-corrected chi connectivity index (χ4v) is 6.64. The Balaban J connectivity index is 0.000000233. The molecule has 2 atom stereocenters. The standard InChI is InChI=1S/2C22H25.C2H4BN2O2.2ClH.Zr/c2*1-6-14(2)19-12-18-8-7-9-21(22(18)13-19)20-11-10-15(3)16(4)17(20)5;6-1-4-3-5-2-7;;;/h2*7-14H,6H2,1-5H3;1-2H,(H,4,6)(H,5,7);2*1H;/q2*-1;;;;+4/p-2. The molecule has 0 heterocycles. The second-order valence-corrected chi connectivity index (χ2v) is 17.7. The van der Waals surface area contributed by atoms with Crippen LogP contribution in [0.1, 0.15) is 96.9 Å². The molecule has 0 saturated heterocycles. The Morgan fingerprint density at radius 2 is 0.981 bits per heavy atom. The van der Waals surface area contributed by atoms with Gasteiger partial charge in [0.2, 0.25) is 0 Å². The summed E-state index contributed by atoms with van der Waals surface area (Å²) in [6.07, 6.45) is 3.29. The van der Waals surface area contributed by atoms with E-state index in [2.05, 4.69) is 165 Å². The molecule has 0 bridgehead atoms. The SMILES string of the molecule is CCC(C)c1cc2c(-c3ccc(C)c(C)c3C)cccc2[cH-]1.CCC(C)c1cc2c(-c3ccc(C)c(C)c3C)cccc2[cH-]1.O=CN[B]NC=O.[Cl][Zr+2][Cl]. The molecule has 0 aromatic heterocycles. The van der Waals surface area contributed by atoms with Gasteiger partial charge in [-0.25, -0.2) is 0 Å². The molecule has 281 valence electrons. The number of fused-ring (bicyclic) bond motifs is 2. The Labute approximate surface area is 343 Å². The van der Waals surface area contributed by atoms with Gasteiger partial charge in [0, 0.05) is 0 Å². The van der Waals surface area contributed by atoms with Crippen molar-refractivity contribution in [1.29, 1.82) is 0 Å². The minimum atomic E-state index is -0.826. The molecule has 8 heteroatoms. The predicted molar refractivity (Wildman–Crippen MR) is 232 cm³/mol. The summed E-state index contributed by atoms with van der Waals surface area (Å²) in [4.78, 5) is 18.8. The molecule has 54 heavy (non-hydrogen) atoms. The fraction of sp³-hybridized carbons (Fsp3) is 0.304. The monoisotopic (exact) mass is 837 g/mol. The Hall–Kier alpha value is -3.43. The van der Waals surface area contributed by atoms with Crippen LogP contribution in [0.2, 0.25) is 0 Å². The second-order valence-electron chi connectivity index (χ2n) is 14.0. The molecule has 2 N–H and O–H groups in total. The first-order valence-corrected chi connectivity index (χ1v) is 24.9. The van der Waals surface area contributed by atoms with Crippen LogP contribution in [0, 0.1) is 41.5 Å². The van der Waals surface area contributed by atoms with E-state index in [0.717, 1.165) is 7.55 Å². The number of rotatable bonds is 10. The van der Waals surface area contributed by atoms with Gasteiger partial charge in [-0.15, -0.1) is 69.1 Å². The molecule has 0 saturated carbocycles. The van der Waals surface area contributed by atoms with Crippen LogP contribution < -0.4 is 10.5 Å². The van der Waals surface area contributed by atoms with Crippen molar-refractivity contribution in [2.24, 2.45) is 0 Å². The maximum atomic E-state index is 9.38. The molecule has 0 aliphatic heterocycles. The average Bonchev–Trinajstić information content (AvgIpc) is 3.82. The zero-order valence-electron chi connectivity index (χ0n) is 33.5. The molecule has 6 aromatic carbocycles. The Morgan fingerprint density at radius 1 is 0.611 bits per heavy atom. The summed E-state index contributed by atoms with van der Waals surface area (Å²) in [5.41, 5.74) is 16.8. The van der Waals surface area contributed by atoms with Gasteiger partial charge in [-0.2, -0.15) is 12.1 Å². The number of aryl methyl sites for hydroxylation is 2. The van der Waals surface area contributed by atoms with Crippen molar-refractivity contribution in [1.82, 2.24) is 10.5 Å². The Bertz CT molecular complexity index is 1990. The Kier molecular flexibility index (Phi) is 18.5. The number of halogens is 2. The van der Waals surface area contributed by atoms with E-state index in [-0.39, 0.29) is 0 Å². The van der Waals surface area contributed by atoms with Crippen LogP contribution in [0.25, 0.3) is 43.8 Å². The van der Waals surface area contributed by atoms with Crippen molar-refractivity contribution < 1.29 is 30.4 Å². The van der Waals surface area contributed by atoms with Gasteiger partial charge in [-0.3, -0.25) is 9.59 Å². The summed E-state index contributed by atoms with van der Waals surface area (Å²) in [6, 6.07) is 31.9. The van der Waals surface area contributed by atoms with Crippen LogP contribution in [-0.4, -0.2) is 20.4 Å². The molecule has 0 aliphatic carbocycles. The molecule has 0 aliphatic rings. The molecule has 4 nitrogen and oxygen atoms in total. The van der Waals surface area contributed by atoms with E-state index < -0.39 is 20.8 Å². The van der Waals surface area contributed by atoms with Crippen LogP contribution in [-0.2, 0) is 30.4 Å². The summed E-state index contributed by atoms with van der Waals surface area (Å²) >= 11 is -0.826. The molecule has 6 rings (SSSR count). The van der Waals surface area contributed by atoms with Gasteiger partial charge in [-0.1, -0.05) is 88.1 Å². The van der Waals surface area contributed by atoms with Crippen molar-refractivity contribution in [3.63, 3.8) is 0 Å². The molecular formula is C46H54BCl2N2O2Zr. The van der Waals surface area contributed by atoms with E-state index in [1.165, 1.54) is 101 Å². The van der Waals surface area contributed by atoms with Crippen molar-refractivity contribution >= 4 is 58.9 Å². The number of benzene rings is 4. The van der Waals surface area contributed by atoms with E-state index in [1.807, 2.05) is 0 Å². The molecule has 0 fully saturated rings. The van der Waals surface area contributed by atoms with E-state index >= 15 is 0 Å². The fourth-order valence-electron chi connectivity index (χ4n) is 6.64. The van der Waals surface area contributed by atoms with E-state index in [9.17, 15) is 9.59 Å². The first-order valence-electron chi connectivity index (χ1n) is 18.6. The third-order valence-electron chi connectivity index (χ3n) is 10.9. The molecular weight excluding hydrogens is 785 g/mol. The van der Waals surface area contributed by atoms with Crippen LogP contribution >= 0.6 is 17.0 Å². The van der Waals surface area contributed by atoms with Gasteiger partial charge in [0.1, 0.15) is 0 Å². The maximum absolute atomic E-state index is 9.38. The van der Waals surface area contributed by atoms with Gasteiger partial charge < -0.3 is 10.5 Å². The van der Waals surface area contributed by atoms with Crippen LogP contribution in [0.4, 0.5) is 0 Å². The number of carbonyl (C=O) groups is 2. The summed E-state index contributed by atoms with van der Waals surface area (Å²) in [5.74, 6) is 1.25. The molecule has 6 aromatic rings. The normalized spacial score (nSPS) is 11.4. The van der Waals surface area contributed by atoms with E-state index in [1.54, 1.807) is 0 Å². The summed E-state index contributed by atoms with van der Waals surface area (Å²) in [6.45, 7) is 22.5. The van der Waals surface area contributed by atoms with Gasteiger partial charge in [-0.05, 0) is 97.9 Å². The Morgan fingerprint density at radius 3 is 1.31 bits per heavy atom. The zero-order chi connectivity index (χ0) is 39.9. The van der Waals surface area contributed by atoms with Gasteiger partial charge in [0.15, 0.2) is 12.8 Å². The predicted octanol–water partition coefficient (Wildman–Crippen LogP) is 12.7. The van der Waals surface area contributed by atoms with E-state index in [0.29, 0.717) is 24.7 Å². The first-order chi connectivity index (χ1) is 25.9. The summed E-state index contributed by atoms with van der Waals surface area (Å²) in [7, 11) is 11.0. The summed E-state index contributed by atoms with van der Waals surface area (Å²) < 4.78 is 0. The number of carbonyl (C=O) groups excluding carboxylic acids is 2. The molecule has 0 spiro atoms. The number of amides is 2. The van der Waals surface area contributed by atoms with Crippen LogP contribution in [0.3, 0.4) is 0 Å². The van der Waals surface area contributed by atoms with Crippen molar-refractivity contribution in [3.05, 3.63) is 129 Å². The molecule has 2 unspecified atom stereocenters. The van der Waals surface area contributed by atoms with Crippen molar-refractivity contribution in [2.75, 3.05) is 0 Å². The van der Waals surface area contributed by atoms with Crippen molar-refractivity contribution in [2.45, 2.75) is 93.9 Å². The first kappa shape index (κ1) is 45.0. The van der Waals surface area contributed by atoms with Gasteiger partial charge in [0.05, 0.1) is 0 Å². The van der Waals surface area contributed by atoms with Crippen LogP contribution in [0.5, 0.6) is 0 Å². The number of hydrogen-bond donors (Lipinski definition) is 2. The molecule has 2 amide bonds. The van der Waals surface area contributed by atoms with Crippen molar-refractivity contribution in [3.8, 4) is 22.3 Å². The number of hydrogen-bond acceptors (Lipinski definition) is 2. The second kappa shape index (κ2) is 22.2. The molecule has 1 radical (unpaired) electrons. The zero-order valence-corrected chi connectivity index (χ0v) is 37.4. The average molecular weight is 840 g/mol.